The maximum absolute atomic E-state index is 5.96. The van der Waals surface area contributed by atoms with Crippen molar-refractivity contribution in [2.45, 2.75) is 57.8 Å². The molecule has 0 unspecified atom stereocenters. The van der Waals surface area contributed by atoms with E-state index in [2.05, 4.69) is 9.97 Å². The maximum Gasteiger partial charge on any atom is 0.221 e. The molecule has 0 saturated heterocycles. The summed E-state index contributed by atoms with van der Waals surface area (Å²) in [4.78, 5) is 8.94. The predicted octanol–water partition coefficient (Wildman–Crippen LogP) is 3.20. The van der Waals surface area contributed by atoms with Crippen LogP contribution in [0.5, 0.6) is 5.88 Å². The van der Waals surface area contributed by atoms with Gasteiger partial charge in [0.05, 0.1) is 12.2 Å². The lowest BCUT2D eigenvalue weighted by molar-refractivity contribution is 0.201. The number of aromatic nitrogens is 2. The van der Waals surface area contributed by atoms with E-state index in [0.717, 1.165) is 18.0 Å². The molecule has 2 N–H and O–H groups in total. The highest BCUT2D eigenvalue weighted by Gasteiger charge is 2.28. The summed E-state index contributed by atoms with van der Waals surface area (Å²) in [5, 5.41) is 0. The zero-order chi connectivity index (χ0) is 13.2. The highest BCUT2D eigenvalue weighted by molar-refractivity contribution is 5.45. The molecule has 2 fully saturated rings. The molecule has 0 aliphatic heterocycles. The summed E-state index contributed by atoms with van der Waals surface area (Å²) in [6, 6.07) is 0. The molecule has 0 atom stereocenters. The van der Waals surface area contributed by atoms with E-state index in [1.165, 1.54) is 44.9 Å². The van der Waals surface area contributed by atoms with Crippen molar-refractivity contribution >= 4 is 5.82 Å². The lowest BCUT2D eigenvalue weighted by atomic mass is 9.90. The van der Waals surface area contributed by atoms with Crippen LogP contribution in [0.15, 0.2) is 0 Å². The summed E-state index contributed by atoms with van der Waals surface area (Å²) >= 11 is 0. The Kier molecular flexibility index (Phi) is 3.58. The van der Waals surface area contributed by atoms with E-state index in [1.54, 1.807) is 0 Å². The van der Waals surface area contributed by atoms with Gasteiger partial charge >= 0.3 is 0 Å². The first kappa shape index (κ1) is 12.7. The fourth-order valence-electron chi connectivity index (χ4n) is 2.74. The number of ether oxygens (including phenoxy) is 1. The Morgan fingerprint density at radius 2 is 1.84 bits per heavy atom. The van der Waals surface area contributed by atoms with E-state index >= 15 is 0 Å². The van der Waals surface area contributed by atoms with Gasteiger partial charge in [-0.1, -0.05) is 19.3 Å². The van der Waals surface area contributed by atoms with Crippen LogP contribution in [0.1, 0.15) is 62.3 Å². The molecular weight excluding hydrogens is 238 g/mol. The molecule has 1 aromatic heterocycles. The Labute approximate surface area is 114 Å². The Morgan fingerprint density at radius 1 is 1.11 bits per heavy atom. The van der Waals surface area contributed by atoms with Gasteiger partial charge in [-0.15, -0.1) is 0 Å². The van der Waals surface area contributed by atoms with Crippen molar-refractivity contribution in [1.29, 1.82) is 0 Å². The third-order valence-corrected chi connectivity index (χ3v) is 4.28. The fraction of sp³-hybridized carbons (Fsp3) is 0.733. The van der Waals surface area contributed by atoms with Crippen LogP contribution in [0.4, 0.5) is 5.82 Å². The monoisotopic (exact) mass is 261 g/mol. The highest BCUT2D eigenvalue weighted by Crippen LogP contribution is 2.39. The van der Waals surface area contributed by atoms with Crippen LogP contribution in [0, 0.1) is 12.8 Å². The van der Waals surface area contributed by atoms with E-state index in [9.17, 15) is 0 Å². The molecule has 19 heavy (non-hydrogen) atoms. The molecule has 0 spiro atoms. The first-order valence-electron chi connectivity index (χ1n) is 7.51. The van der Waals surface area contributed by atoms with Gasteiger partial charge in [-0.05, 0) is 38.5 Å². The SMILES string of the molecule is Cc1c(N)nc(C2CC2)nc1OCC1CCCCC1. The van der Waals surface area contributed by atoms with Gasteiger partial charge in [0.1, 0.15) is 11.6 Å². The molecule has 1 aromatic rings. The summed E-state index contributed by atoms with van der Waals surface area (Å²) in [6.07, 6.45) is 9.00. The largest absolute Gasteiger partial charge is 0.477 e. The van der Waals surface area contributed by atoms with Crippen molar-refractivity contribution in [3.8, 4) is 5.88 Å². The van der Waals surface area contributed by atoms with Gasteiger partial charge in [-0.2, -0.15) is 4.98 Å². The summed E-state index contributed by atoms with van der Waals surface area (Å²) in [7, 11) is 0. The number of nitrogens with zero attached hydrogens (tertiary/aromatic N) is 2. The summed E-state index contributed by atoms with van der Waals surface area (Å²) < 4.78 is 5.94. The van der Waals surface area contributed by atoms with Gasteiger partial charge in [-0.25, -0.2) is 4.98 Å². The van der Waals surface area contributed by atoms with Crippen molar-refractivity contribution in [1.82, 2.24) is 9.97 Å². The smallest absolute Gasteiger partial charge is 0.221 e. The van der Waals surface area contributed by atoms with Gasteiger partial charge in [0.25, 0.3) is 0 Å². The lowest BCUT2D eigenvalue weighted by Gasteiger charge is -2.22. The molecule has 104 valence electrons. The van der Waals surface area contributed by atoms with Gasteiger partial charge in [-0.3, -0.25) is 0 Å². The zero-order valence-electron chi connectivity index (χ0n) is 11.7. The molecule has 1 heterocycles. The van der Waals surface area contributed by atoms with Crippen LogP contribution in [0.25, 0.3) is 0 Å². The molecule has 0 bridgehead atoms. The van der Waals surface area contributed by atoms with Crippen molar-refractivity contribution in [3.05, 3.63) is 11.4 Å². The summed E-state index contributed by atoms with van der Waals surface area (Å²) in [5.41, 5.74) is 6.85. The van der Waals surface area contributed by atoms with Gasteiger partial charge in [0.15, 0.2) is 0 Å². The van der Waals surface area contributed by atoms with E-state index in [-0.39, 0.29) is 0 Å². The fourth-order valence-corrected chi connectivity index (χ4v) is 2.74. The van der Waals surface area contributed by atoms with E-state index in [1.807, 2.05) is 6.92 Å². The predicted molar refractivity (Wildman–Crippen MR) is 75.2 cm³/mol. The third-order valence-electron chi connectivity index (χ3n) is 4.28. The molecule has 0 radical (unpaired) electrons. The Morgan fingerprint density at radius 3 is 2.53 bits per heavy atom. The maximum atomic E-state index is 5.96. The minimum atomic E-state index is 0.514. The van der Waals surface area contributed by atoms with Crippen LogP contribution >= 0.6 is 0 Å². The zero-order valence-corrected chi connectivity index (χ0v) is 11.7. The molecule has 0 aromatic carbocycles. The van der Waals surface area contributed by atoms with Crippen LogP contribution in [-0.2, 0) is 0 Å². The Hall–Kier alpha value is -1.32. The van der Waals surface area contributed by atoms with Crippen LogP contribution < -0.4 is 10.5 Å². The van der Waals surface area contributed by atoms with E-state index in [4.69, 9.17) is 10.5 Å². The number of rotatable bonds is 4. The topological polar surface area (TPSA) is 61.0 Å². The molecule has 4 heteroatoms. The normalized spacial score (nSPS) is 20.5. The first-order chi connectivity index (χ1) is 9.24. The number of hydrogen-bond acceptors (Lipinski definition) is 4. The summed E-state index contributed by atoms with van der Waals surface area (Å²) in [5.74, 6) is 3.37. The first-order valence-corrected chi connectivity index (χ1v) is 7.51. The van der Waals surface area contributed by atoms with Crippen LogP contribution in [0.2, 0.25) is 0 Å². The number of nitrogen functional groups attached to an aromatic ring is 1. The highest BCUT2D eigenvalue weighted by atomic mass is 16.5. The molecule has 2 aliphatic rings. The van der Waals surface area contributed by atoms with E-state index < -0.39 is 0 Å². The Balaban J connectivity index is 1.68. The second-order valence-electron chi connectivity index (χ2n) is 5.99. The van der Waals surface area contributed by atoms with Crippen LogP contribution in [-0.4, -0.2) is 16.6 Å². The van der Waals surface area contributed by atoms with Crippen molar-refractivity contribution in [2.24, 2.45) is 5.92 Å². The number of nitrogens with two attached hydrogens (primary N) is 1. The third kappa shape index (κ3) is 2.99. The van der Waals surface area contributed by atoms with Crippen molar-refractivity contribution in [3.63, 3.8) is 0 Å². The van der Waals surface area contributed by atoms with Crippen LogP contribution in [0.3, 0.4) is 0 Å². The molecule has 2 saturated carbocycles. The minimum absolute atomic E-state index is 0.514. The second kappa shape index (κ2) is 5.35. The van der Waals surface area contributed by atoms with Gasteiger partial charge in [0, 0.05) is 5.92 Å². The quantitative estimate of drug-likeness (QED) is 0.904. The van der Waals surface area contributed by atoms with Gasteiger partial charge < -0.3 is 10.5 Å². The summed E-state index contributed by atoms with van der Waals surface area (Å²) in [6.45, 7) is 2.73. The molecule has 2 aliphatic carbocycles. The minimum Gasteiger partial charge on any atom is -0.477 e. The number of hydrogen-bond donors (Lipinski definition) is 1. The molecule has 3 rings (SSSR count). The standard InChI is InChI=1S/C15H23N3O/c1-10-13(16)17-14(12-7-8-12)18-15(10)19-9-11-5-3-2-4-6-11/h11-12H,2-9H2,1H3,(H2,16,17,18). The second-order valence-corrected chi connectivity index (χ2v) is 5.99. The van der Waals surface area contributed by atoms with Gasteiger partial charge in [0.2, 0.25) is 5.88 Å². The van der Waals surface area contributed by atoms with Crippen molar-refractivity contribution in [2.75, 3.05) is 12.3 Å². The number of anilines is 1. The van der Waals surface area contributed by atoms with Crippen molar-refractivity contribution < 1.29 is 4.74 Å². The van der Waals surface area contributed by atoms with E-state index in [0.29, 0.717) is 23.5 Å². The average molecular weight is 261 g/mol. The molecular formula is C15H23N3O. The average Bonchev–Trinajstić information content (AvgIpc) is 3.26. The molecule has 0 amide bonds. The Bertz CT molecular complexity index is 451. The molecule has 4 nitrogen and oxygen atoms in total. The lowest BCUT2D eigenvalue weighted by Crippen LogP contribution is -2.17.